The Labute approximate surface area is 216 Å². The SMILES string of the molecule is COc1ccc(NS(=O)(=O)c2ccc(NS(=O)(=O)c3ccc(OC)c(C(=O)N4CCCC4)c3)cc2)cc1. The number of ether oxygens (including phenoxy) is 2. The van der Waals surface area contributed by atoms with E-state index < -0.39 is 20.0 Å². The summed E-state index contributed by atoms with van der Waals surface area (Å²) in [6.07, 6.45) is 1.80. The second kappa shape index (κ2) is 10.7. The van der Waals surface area contributed by atoms with Crippen molar-refractivity contribution in [3.05, 3.63) is 72.3 Å². The molecule has 1 fully saturated rings. The van der Waals surface area contributed by atoms with Gasteiger partial charge in [0, 0.05) is 24.5 Å². The van der Waals surface area contributed by atoms with E-state index in [1.54, 1.807) is 29.2 Å². The number of rotatable bonds is 9. The van der Waals surface area contributed by atoms with E-state index in [2.05, 4.69) is 9.44 Å². The van der Waals surface area contributed by atoms with E-state index in [1.807, 2.05) is 0 Å². The van der Waals surface area contributed by atoms with Gasteiger partial charge in [-0.1, -0.05) is 0 Å². The molecule has 37 heavy (non-hydrogen) atoms. The van der Waals surface area contributed by atoms with Crippen molar-refractivity contribution in [3.63, 3.8) is 0 Å². The molecule has 1 aliphatic rings. The van der Waals surface area contributed by atoms with Crippen molar-refractivity contribution in [2.45, 2.75) is 22.6 Å². The fourth-order valence-electron chi connectivity index (χ4n) is 3.90. The van der Waals surface area contributed by atoms with Gasteiger partial charge >= 0.3 is 0 Å². The van der Waals surface area contributed by atoms with Crippen LogP contribution in [0.5, 0.6) is 11.5 Å². The largest absolute Gasteiger partial charge is 0.497 e. The lowest BCUT2D eigenvalue weighted by molar-refractivity contribution is 0.0789. The summed E-state index contributed by atoms with van der Waals surface area (Å²) < 4.78 is 66.8. The molecule has 1 heterocycles. The van der Waals surface area contributed by atoms with Gasteiger partial charge in [0.15, 0.2) is 0 Å². The molecule has 0 saturated carbocycles. The van der Waals surface area contributed by atoms with E-state index in [4.69, 9.17) is 9.47 Å². The lowest BCUT2D eigenvalue weighted by Gasteiger charge is -2.18. The van der Waals surface area contributed by atoms with Crippen molar-refractivity contribution in [2.75, 3.05) is 36.8 Å². The molecule has 0 aromatic heterocycles. The highest BCUT2D eigenvalue weighted by Gasteiger charge is 2.25. The summed E-state index contributed by atoms with van der Waals surface area (Å²) in [5.41, 5.74) is 0.675. The van der Waals surface area contributed by atoms with Crippen LogP contribution < -0.4 is 18.9 Å². The molecule has 1 saturated heterocycles. The average molecular weight is 546 g/mol. The van der Waals surface area contributed by atoms with Gasteiger partial charge in [-0.15, -0.1) is 0 Å². The Morgan fingerprint density at radius 2 is 1.24 bits per heavy atom. The van der Waals surface area contributed by atoms with Gasteiger partial charge in [0.2, 0.25) is 0 Å². The summed E-state index contributed by atoms with van der Waals surface area (Å²) in [6.45, 7) is 1.22. The molecular formula is C25H27N3O7S2. The number of nitrogens with zero attached hydrogens (tertiary/aromatic N) is 1. The van der Waals surface area contributed by atoms with Gasteiger partial charge in [0.1, 0.15) is 11.5 Å². The molecule has 0 atom stereocenters. The van der Waals surface area contributed by atoms with Gasteiger partial charge in [0.25, 0.3) is 26.0 Å². The van der Waals surface area contributed by atoms with Crippen LogP contribution in [0.2, 0.25) is 0 Å². The van der Waals surface area contributed by atoms with Crippen LogP contribution in [0.15, 0.2) is 76.5 Å². The van der Waals surface area contributed by atoms with Crippen LogP contribution in [0.1, 0.15) is 23.2 Å². The minimum absolute atomic E-state index is 0.0470. The molecule has 3 aromatic rings. The van der Waals surface area contributed by atoms with Crippen molar-refractivity contribution < 1.29 is 31.1 Å². The number of hydrogen-bond donors (Lipinski definition) is 2. The third-order valence-corrected chi connectivity index (χ3v) is 8.64. The molecule has 0 radical (unpaired) electrons. The monoisotopic (exact) mass is 545 g/mol. The highest BCUT2D eigenvalue weighted by molar-refractivity contribution is 7.93. The number of nitrogens with one attached hydrogen (secondary N) is 2. The van der Waals surface area contributed by atoms with Crippen molar-refractivity contribution in [3.8, 4) is 11.5 Å². The first kappa shape index (κ1) is 26.3. The third kappa shape index (κ3) is 5.97. The topological polar surface area (TPSA) is 131 Å². The van der Waals surface area contributed by atoms with Gasteiger partial charge < -0.3 is 14.4 Å². The first-order chi connectivity index (χ1) is 17.6. The molecular weight excluding hydrogens is 518 g/mol. The summed E-state index contributed by atoms with van der Waals surface area (Å²) in [4.78, 5) is 14.4. The zero-order chi connectivity index (χ0) is 26.6. The Morgan fingerprint density at radius 1 is 0.730 bits per heavy atom. The molecule has 0 bridgehead atoms. The number of benzene rings is 3. The van der Waals surface area contributed by atoms with Gasteiger partial charge in [0.05, 0.1) is 29.6 Å². The Hall–Kier alpha value is -3.77. The molecule has 10 nitrogen and oxygen atoms in total. The van der Waals surface area contributed by atoms with Crippen LogP contribution in [0, 0.1) is 0 Å². The number of anilines is 2. The lowest BCUT2D eigenvalue weighted by Crippen LogP contribution is -2.28. The Morgan fingerprint density at radius 3 is 1.78 bits per heavy atom. The molecule has 12 heteroatoms. The number of likely N-dealkylation sites (tertiary alicyclic amines) is 1. The zero-order valence-electron chi connectivity index (χ0n) is 20.3. The van der Waals surface area contributed by atoms with Gasteiger partial charge in [-0.2, -0.15) is 0 Å². The molecule has 1 amide bonds. The van der Waals surface area contributed by atoms with E-state index in [0.717, 1.165) is 12.8 Å². The van der Waals surface area contributed by atoms with Crippen LogP contribution in [-0.4, -0.2) is 55.0 Å². The first-order valence-electron chi connectivity index (χ1n) is 11.4. The van der Waals surface area contributed by atoms with E-state index in [1.165, 1.54) is 56.7 Å². The maximum Gasteiger partial charge on any atom is 0.261 e. The molecule has 0 aliphatic carbocycles. The predicted octanol–water partition coefficient (Wildman–Crippen LogP) is 3.54. The summed E-state index contributed by atoms with van der Waals surface area (Å²) >= 11 is 0. The van der Waals surface area contributed by atoms with Crippen LogP contribution in [0.25, 0.3) is 0 Å². The van der Waals surface area contributed by atoms with Gasteiger partial charge in [-0.25, -0.2) is 16.8 Å². The van der Waals surface area contributed by atoms with E-state index in [9.17, 15) is 21.6 Å². The summed E-state index contributed by atoms with van der Waals surface area (Å²) in [6, 6.07) is 15.7. The number of amides is 1. The third-order valence-electron chi connectivity index (χ3n) is 5.86. The maximum atomic E-state index is 13.1. The van der Waals surface area contributed by atoms with Crippen molar-refractivity contribution in [1.29, 1.82) is 0 Å². The fraction of sp³-hybridized carbons (Fsp3) is 0.240. The smallest absolute Gasteiger partial charge is 0.261 e. The molecule has 0 unspecified atom stereocenters. The lowest BCUT2D eigenvalue weighted by atomic mass is 10.1. The minimum atomic E-state index is -4.07. The van der Waals surface area contributed by atoms with Crippen molar-refractivity contribution in [1.82, 2.24) is 4.90 Å². The summed E-state index contributed by atoms with van der Waals surface area (Å²) in [5, 5.41) is 0. The molecule has 4 rings (SSSR count). The molecule has 3 aromatic carbocycles. The summed E-state index contributed by atoms with van der Waals surface area (Å²) in [5.74, 6) is 0.587. The fourth-order valence-corrected chi connectivity index (χ4v) is 6.04. The standard InChI is InChI=1S/C25H27N3O7S2/c1-34-20-9-5-18(6-10-20)26-36(30,31)21-11-7-19(8-12-21)27-37(32,33)22-13-14-24(35-2)23(17-22)25(29)28-15-3-4-16-28/h5-14,17,26-27H,3-4,15-16H2,1-2H3. The maximum absolute atomic E-state index is 13.1. The molecule has 0 spiro atoms. The second-order valence-corrected chi connectivity index (χ2v) is 11.7. The number of carbonyl (C=O) groups is 1. The number of methoxy groups -OCH3 is 2. The van der Waals surface area contributed by atoms with Gasteiger partial charge in [-0.3, -0.25) is 14.2 Å². The van der Waals surface area contributed by atoms with Crippen LogP contribution >= 0.6 is 0 Å². The minimum Gasteiger partial charge on any atom is -0.497 e. The van der Waals surface area contributed by atoms with Crippen molar-refractivity contribution >= 4 is 37.3 Å². The highest BCUT2D eigenvalue weighted by Crippen LogP contribution is 2.27. The average Bonchev–Trinajstić information content (AvgIpc) is 3.43. The number of sulfonamides is 2. The summed E-state index contributed by atoms with van der Waals surface area (Å²) in [7, 11) is -5.05. The molecule has 1 aliphatic heterocycles. The van der Waals surface area contributed by atoms with E-state index in [-0.39, 0.29) is 32.7 Å². The second-order valence-electron chi connectivity index (χ2n) is 8.33. The first-order valence-corrected chi connectivity index (χ1v) is 14.4. The van der Waals surface area contributed by atoms with Crippen LogP contribution in [0.4, 0.5) is 11.4 Å². The van der Waals surface area contributed by atoms with Crippen LogP contribution in [0.3, 0.4) is 0 Å². The van der Waals surface area contributed by atoms with Crippen LogP contribution in [-0.2, 0) is 20.0 Å². The Bertz CT molecular complexity index is 1480. The predicted molar refractivity (Wildman–Crippen MR) is 139 cm³/mol. The van der Waals surface area contributed by atoms with Gasteiger partial charge in [-0.05, 0) is 79.6 Å². The van der Waals surface area contributed by atoms with Crippen molar-refractivity contribution in [2.24, 2.45) is 0 Å². The number of hydrogen-bond acceptors (Lipinski definition) is 7. The van der Waals surface area contributed by atoms with E-state index >= 15 is 0 Å². The Balaban J connectivity index is 1.51. The van der Waals surface area contributed by atoms with E-state index in [0.29, 0.717) is 24.5 Å². The molecule has 2 N–H and O–H groups in total. The zero-order valence-corrected chi connectivity index (χ0v) is 21.9. The number of carbonyl (C=O) groups excluding carboxylic acids is 1. The molecule has 196 valence electrons. The highest BCUT2D eigenvalue weighted by atomic mass is 32.2. The quantitative estimate of drug-likeness (QED) is 0.420. The normalized spacial score (nSPS) is 13.7. The Kier molecular flexibility index (Phi) is 7.60.